The van der Waals surface area contributed by atoms with Crippen LogP contribution >= 0.6 is 15.9 Å². The van der Waals surface area contributed by atoms with Gasteiger partial charge in [0.1, 0.15) is 5.75 Å². The predicted molar refractivity (Wildman–Crippen MR) is 68.9 cm³/mol. The molecule has 0 aromatic heterocycles. The van der Waals surface area contributed by atoms with Crippen LogP contribution in [-0.2, 0) is 0 Å². The van der Waals surface area contributed by atoms with Crippen molar-refractivity contribution in [3.8, 4) is 5.75 Å². The summed E-state index contributed by atoms with van der Waals surface area (Å²) in [6.45, 7) is 1.24. The number of benzene rings is 1. The monoisotopic (exact) mass is 298 g/mol. The first-order valence-corrected chi connectivity index (χ1v) is 6.42. The minimum absolute atomic E-state index is 0.0549. The molecule has 0 bridgehead atoms. The molecule has 1 heterocycles. The highest BCUT2D eigenvalue weighted by molar-refractivity contribution is 9.10. The summed E-state index contributed by atoms with van der Waals surface area (Å²) in [5.74, 6) is 0.0279. The molecule has 1 atom stereocenters. The fraction of sp³-hybridized carbons (Fsp3) is 0.417. The number of phenols is 1. The SMILES string of the molecule is NCC1CCCN1C(=O)c1ccc(Br)c(O)c1. The van der Waals surface area contributed by atoms with Crippen molar-refractivity contribution in [2.75, 3.05) is 13.1 Å². The average Bonchev–Trinajstić information content (AvgIpc) is 2.80. The highest BCUT2D eigenvalue weighted by Crippen LogP contribution is 2.26. The maximum absolute atomic E-state index is 12.2. The summed E-state index contributed by atoms with van der Waals surface area (Å²) in [4.78, 5) is 14.0. The first-order chi connectivity index (χ1) is 8.13. The zero-order chi connectivity index (χ0) is 12.4. The van der Waals surface area contributed by atoms with Gasteiger partial charge in [0.15, 0.2) is 0 Å². The molecule has 0 aliphatic carbocycles. The molecule has 5 heteroatoms. The minimum atomic E-state index is -0.0549. The number of amides is 1. The van der Waals surface area contributed by atoms with Gasteiger partial charge in [-0.25, -0.2) is 0 Å². The lowest BCUT2D eigenvalue weighted by Crippen LogP contribution is -2.39. The Bertz CT molecular complexity index is 437. The molecule has 0 radical (unpaired) electrons. The third-order valence-corrected chi connectivity index (χ3v) is 3.77. The van der Waals surface area contributed by atoms with Crippen LogP contribution in [0.15, 0.2) is 22.7 Å². The molecular formula is C12H15BrN2O2. The maximum Gasteiger partial charge on any atom is 0.254 e. The van der Waals surface area contributed by atoms with Crippen LogP contribution < -0.4 is 5.73 Å². The van der Waals surface area contributed by atoms with E-state index in [0.29, 0.717) is 16.6 Å². The van der Waals surface area contributed by atoms with Crippen molar-refractivity contribution >= 4 is 21.8 Å². The van der Waals surface area contributed by atoms with Gasteiger partial charge >= 0.3 is 0 Å². The third-order valence-electron chi connectivity index (χ3n) is 3.10. The quantitative estimate of drug-likeness (QED) is 0.874. The van der Waals surface area contributed by atoms with Crippen molar-refractivity contribution in [2.24, 2.45) is 5.73 Å². The van der Waals surface area contributed by atoms with Gasteiger partial charge in [-0.1, -0.05) is 0 Å². The van der Waals surface area contributed by atoms with E-state index in [1.807, 2.05) is 0 Å². The van der Waals surface area contributed by atoms with Crippen LogP contribution in [0.2, 0.25) is 0 Å². The lowest BCUT2D eigenvalue weighted by atomic mass is 10.1. The average molecular weight is 299 g/mol. The molecule has 1 saturated heterocycles. The van der Waals surface area contributed by atoms with Gasteiger partial charge < -0.3 is 15.7 Å². The fourth-order valence-electron chi connectivity index (χ4n) is 2.16. The highest BCUT2D eigenvalue weighted by atomic mass is 79.9. The largest absolute Gasteiger partial charge is 0.507 e. The second-order valence-electron chi connectivity index (χ2n) is 4.20. The Morgan fingerprint density at radius 2 is 2.35 bits per heavy atom. The van der Waals surface area contributed by atoms with Crippen LogP contribution in [0.25, 0.3) is 0 Å². The van der Waals surface area contributed by atoms with Crippen molar-refractivity contribution in [1.82, 2.24) is 4.90 Å². The standard InChI is InChI=1S/C12H15BrN2O2/c13-10-4-3-8(6-11(10)16)12(17)15-5-1-2-9(15)7-14/h3-4,6,9,16H,1-2,5,7,14H2. The van der Waals surface area contributed by atoms with Crippen molar-refractivity contribution in [3.05, 3.63) is 28.2 Å². The van der Waals surface area contributed by atoms with E-state index in [1.54, 1.807) is 17.0 Å². The van der Waals surface area contributed by atoms with E-state index in [-0.39, 0.29) is 17.7 Å². The number of hydrogen-bond acceptors (Lipinski definition) is 3. The van der Waals surface area contributed by atoms with E-state index in [0.717, 1.165) is 19.4 Å². The lowest BCUT2D eigenvalue weighted by molar-refractivity contribution is 0.0741. The normalized spacial score (nSPS) is 19.6. The van der Waals surface area contributed by atoms with E-state index in [2.05, 4.69) is 15.9 Å². The molecule has 1 fully saturated rings. The van der Waals surface area contributed by atoms with Crippen LogP contribution in [0.4, 0.5) is 0 Å². The summed E-state index contributed by atoms with van der Waals surface area (Å²) in [7, 11) is 0. The molecule has 1 aromatic rings. The first-order valence-electron chi connectivity index (χ1n) is 5.63. The molecule has 92 valence electrons. The third kappa shape index (κ3) is 2.45. The van der Waals surface area contributed by atoms with Crippen LogP contribution in [0, 0.1) is 0 Å². The van der Waals surface area contributed by atoms with Gasteiger partial charge in [-0.05, 0) is 47.0 Å². The highest BCUT2D eigenvalue weighted by Gasteiger charge is 2.28. The predicted octanol–water partition coefficient (Wildman–Crippen LogP) is 1.72. The summed E-state index contributed by atoms with van der Waals surface area (Å²) >= 11 is 3.19. The van der Waals surface area contributed by atoms with Crippen molar-refractivity contribution < 1.29 is 9.90 Å². The lowest BCUT2D eigenvalue weighted by Gasteiger charge is -2.23. The van der Waals surface area contributed by atoms with Crippen molar-refractivity contribution in [1.29, 1.82) is 0 Å². The number of hydrogen-bond donors (Lipinski definition) is 2. The Morgan fingerprint density at radius 3 is 3.00 bits per heavy atom. The Balaban J connectivity index is 2.21. The Morgan fingerprint density at radius 1 is 1.59 bits per heavy atom. The number of likely N-dealkylation sites (tertiary alicyclic amines) is 1. The van der Waals surface area contributed by atoms with E-state index in [1.165, 1.54) is 6.07 Å². The van der Waals surface area contributed by atoms with Gasteiger partial charge in [-0.2, -0.15) is 0 Å². The number of nitrogens with zero attached hydrogens (tertiary/aromatic N) is 1. The van der Waals surface area contributed by atoms with Gasteiger partial charge in [-0.15, -0.1) is 0 Å². The molecule has 4 nitrogen and oxygen atoms in total. The summed E-state index contributed by atoms with van der Waals surface area (Å²) < 4.78 is 0.589. The second kappa shape index (κ2) is 5.06. The van der Waals surface area contributed by atoms with E-state index in [4.69, 9.17) is 5.73 Å². The topological polar surface area (TPSA) is 66.6 Å². The van der Waals surface area contributed by atoms with E-state index in [9.17, 15) is 9.90 Å². The number of aromatic hydroxyl groups is 1. The van der Waals surface area contributed by atoms with Crippen LogP contribution in [0.3, 0.4) is 0 Å². The van der Waals surface area contributed by atoms with Gasteiger partial charge in [0.2, 0.25) is 0 Å². The maximum atomic E-state index is 12.2. The van der Waals surface area contributed by atoms with Gasteiger partial charge in [0.05, 0.1) is 4.47 Å². The van der Waals surface area contributed by atoms with Crippen LogP contribution in [0.5, 0.6) is 5.75 Å². The Kier molecular flexibility index (Phi) is 3.69. The van der Waals surface area contributed by atoms with E-state index < -0.39 is 0 Å². The minimum Gasteiger partial charge on any atom is -0.507 e. The number of phenolic OH excluding ortho intramolecular Hbond substituents is 1. The summed E-state index contributed by atoms with van der Waals surface area (Å²) in [5, 5.41) is 9.57. The zero-order valence-corrected chi connectivity index (χ0v) is 11.0. The molecule has 1 aliphatic heterocycles. The van der Waals surface area contributed by atoms with Crippen molar-refractivity contribution in [2.45, 2.75) is 18.9 Å². The molecule has 1 aromatic carbocycles. The van der Waals surface area contributed by atoms with Gasteiger partial charge in [-0.3, -0.25) is 4.79 Å². The molecule has 1 amide bonds. The number of nitrogens with two attached hydrogens (primary N) is 1. The number of rotatable bonds is 2. The molecule has 17 heavy (non-hydrogen) atoms. The first kappa shape index (κ1) is 12.4. The number of carbonyl (C=O) groups excluding carboxylic acids is 1. The zero-order valence-electron chi connectivity index (χ0n) is 9.40. The molecule has 1 aliphatic rings. The fourth-order valence-corrected chi connectivity index (χ4v) is 2.41. The smallest absolute Gasteiger partial charge is 0.254 e. The molecule has 0 saturated carbocycles. The molecule has 1 unspecified atom stereocenters. The van der Waals surface area contributed by atoms with Crippen molar-refractivity contribution in [3.63, 3.8) is 0 Å². The Hall–Kier alpha value is -1.07. The molecular weight excluding hydrogens is 284 g/mol. The second-order valence-corrected chi connectivity index (χ2v) is 5.05. The van der Waals surface area contributed by atoms with Gasteiger partial charge in [0.25, 0.3) is 5.91 Å². The summed E-state index contributed by atoms with van der Waals surface area (Å²) in [5.41, 5.74) is 6.15. The number of carbonyl (C=O) groups is 1. The molecule has 2 rings (SSSR count). The van der Waals surface area contributed by atoms with Crippen LogP contribution in [0.1, 0.15) is 23.2 Å². The summed E-state index contributed by atoms with van der Waals surface area (Å²) in [6.07, 6.45) is 1.96. The molecule has 0 spiro atoms. The van der Waals surface area contributed by atoms with Crippen LogP contribution in [-0.4, -0.2) is 35.0 Å². The van der Waals surface area contributed by atoms with E-state index >= 15 is 0 Å². The Labute approximate surface area is 109 Å². The van der Waals surface area contributed by atoms with Gasteiger partial charge in [0, 0.05) is 24.7 Å². The molecule has 3 N–H and O–H groups in total. The number of halogens is 1. The summed E-state index contributed by atoms with van der Waals surface area (Å²) in [6, 6.07) is 5.00.